The van der Waals surface area contributed by atoms with E-state index in [1.807, 2.05) is 0 Å². The van der Waals surface area contributed by atoms with E-state index in [2.05, 4.69) is 27.3 Å². The molecule has 190 valence electrons. The molecular weight excluding hydrogens is 546 g/mol. The van der Waals surface area contributed by atoms with Crippen LogP contribution < -0.4 is 10.2 Å². The van der Waals surface area contributed by atoms with Crippen molar-refractivity contribution >= 4 is 55.0 Å². The van der Waals surface area contributed by atoms with Crippen LogP contribution in [0, 0.1) is 0 Å². The van der Waals surface area contributed by atoms with Gasteiger partial charge in [-0.3, -0.25) is 14.4 Å². The molecule has 0 radical (unpaired) electrons. The summed E-state index contributed by atoms with van der Waals surface area (Å²) in [5.41, 5.74) is 2.04. The van der Waals surface area contributed by atoms with E-state index in [1.54, 1.807) is 24.3 Å². The fraction of sp³-hybridized carbons (Fsp3) is 0.346. The molecule has 1 N–H and O–H groups in total. The molecule has 8 nitrogen and oxygen atoms in total. The second-order valence-corrected chi connectivity index (χ2v) is 11.7. The molecule has 2 aliphatic rings. The highest BCUT2D eigenvalue weighted by Crippen LogP contribution is 2.31. The molecule has 1 atom stereocenters. The Kier molecular flexibility index (Phi) is 8.07. The van der Waals surface area contributed by atoms with E-state index in [0.717, 1.165) is 35.1 Å². The van der Waals surface area contributed by atoms with Crippen molar-refractivity contribution in [3.05, 3.63) is 64.7 Å². The number of imide groups is 1. The molecule has 0 aromatic heterocycles. The van der Waals surface area contributed by atoms with E-state index < -0.39 is 27.9 Å². The van der Waals surface area contributed by atoms with Gasteiger partial charge in [0, 0.05) is 23.6 Å². The summed E-state index contributed by atoms with van der Waals surface area (Å²) in [6.07, 6.45) is 6.46. The Labute approximate surface area is 219 Å². The Hall–Kier alpha value is -2.82. The molecule has 1 aliphatic carbocycles. The van der Waals surface area contributed by atoms with E-state index in [-0.39, 0.29) is 23.8 Å². The number of hydrogen-bond donors (Lipinski definition) is 1. The van der Waals surface area contributed by atoms with Crippen LogP contribution in [0.1, 0.15) is 45.4 Å². The van der Waals surface area contributed by atoms with E-state index in [9.17, 15) is 22.8 Å². The molecule has 36 heavy (non-hydrogen) atoms. The maximum atomic E-state index is 13.8. The molecular formula is C26H28BrN3O5S. The number of sulfonamides is 1. The summed E-state index contributed by atoms with van der Waals surface area (Å²) in [5, 5.41) is 2.61. The molecule has 1 heterocycles. The number of carbonyl (C=O) groups excluding carboxylic acids is 3. The number of halogens is 1. The highest BCUT2D eigenvalue weighted by atomic mass is 79.9. The van der Waals surface area contributed by atoms with Crippen LogP contribution in [0.3, 0.4) is 0 Å². The number of amides is 3. The smallest absolute Gasteiger partial charge is 0.252 e. The standard InChI is InChI=1S/C26H28BrN3O5S/c1-18(31)28-21-9-13-23(14-10-21)36(34,35)29(16-15-19-5-3-2-4-6-19)24-17-25(32)30(26(24)33)22-11-7-20(27)8-12-22/h5,7-14,24H,2-4,6,15-17H2,1H3,(H,28,31). The lowest BCUT2D eigenvalue weighted by Gasteiger charge is -2.28. The molecule has 1 saturated heterocycles. The third kappa shape index (κ3) is 5.77. The molecule has 10 heteroatoms. The Morgan fingerprint density at radius 2 is 1.78 bits per heavy atom. The molecule has 1 fully saturated rings. The molecule has 0 bridgehead atoms. The van der Waals surface area contributed by atoms with Crippen molar-refractivity contribution in [3.63, 3.8) is 0 Å². The predicted molar refractivity (Wildman–Crippen MR) is 141 cm³/mol. The lowest BCUT2D eigenvalue weighted by atomic mass is 9.97. The minimum atomic E-state index is -4.11. The van der Waals surface area contributed by atoms with Crippen LogP contribution in [0.5, 0.6) is 0 Å². The number of hydrogen-bond acceptors (Lipinski definition) is 5. The van der Waals surface area contributed by atoms with Gasteiger partial charge in [0.1, 0.15) is 6.04 Å². The SMILES string of the molecule is CC(=O)Nc1ccc(S(=O)(=O)N(CCC2=CCCCC2)C2CC(=O)N(c3ccc(Br)cc3)C2=O)cc1. The van der Waals surface area contributed by atoms with Gasteiger partial charge in [-0.1, -0.05) is 27.6 Å². The first-order valence-electron chi connectivity index (χ1n) is 11.9. The van der Waals surface area contributed by atoms with Gasteiger partial charge in [0.2, 0.25) is 21.8 Å². The quantitative estimate of drug-likeness (QED) is 0.366. The van der Waals surface area contributed by atoms with E-state index in [0.29, 0.717) is 17.8 Å². The molecule has 3 amide bonds. The number of rotatable bonds is 8. The zero-order chi connectivity index (χ0) is 25.9. The van der Waals surface area contributed by atoms with E-state index in [4.69, 9.17) is 0 Å². The van der Waals surface area contributed by atoms with Gasteiger partial charge < -0.3 is 5.32 Å². The van der Waals surface area contributed by atoms with Gasteiger partial charge >= 0.3 is 0 Å². The minimum Gasteiger partial charge on any atom is -0.326 e. The summed E-state index contributed by atoms with van der Waals surface area (Å²) in [4.78, 5) is 38.8. The van der Waals surface area contributed by atoms with Crippen LogP contribution in [0.15, 0.2) is 69.5 Å². The molecule has 0 saturated carbocycles. The Morgan fingerprint density at radius 3 is 2.39 bits per heavy atom. The summed E-state index contributed by atoms with van der Waals surface area (Å²) < 4.78 is 29.6. The summed E-state index contributed by atoms with van der Waals surface area (Å²) in [6.45, 7) is 1.46. The lowest BCUT2D eigenvalue weighted by Crippen LogP contribution is -2.46. The molecule has 1 unspecified atom stereocenters. The van der Waals surface area contributed by atoms with Crippen molar-refractivity contribution < 1.29 is 22.8 Å². The van der Waals surface area contributed by atoms with Crippen LogP contribution in [0.4, 0.5) is 11.4 Å². The molecule has 2 aromatic carbocycles. The lowest BCUT2D eigenvalue weighted by molar-refractivity contribution is -0.122. The second kappa shape index (κ2) is 11.1. The third-order valence-electron chi connectivity index (χ3n) is 6.37. The number of allylic oxidation sites excluding steroid dienone is 1. The minimum absolute atomic E-state index is 0.00318. The first-order valence-corrected chi connectivity index (χ1v) is 14.1. The summed E-state index contributed by atoms with van der Waals surface area (Å²) >= 11 is 3.34. The number of carbonyl (C=O) groups is 3. The molecule has 2 aromatic rings. The zero-order valence-electron chi connectivity index (χ0n) is 19.9. The van der Waals surface area contributed by atoms with Gasteiger partial charge in [-0.15, -0.1) is 0 Å². The topological polar surface area (TPSA) is 104 Å². The largest absolute Gasteiger partial charge is 0.326 e. The summed E-state index contributed by atoms with van der Waals surface area (Å²) in [5.74, 6) is -1.26. The van der Waals surface area contributed by atoms with Crippen LogP contribution in [0.25, 0.3) is 0 Å². The van der Waals surface area contributed by atoms with E-state index in [1.165, 1.54) is 41.1 Å². The normalized spacial score (nSPS) is 18.5. The van der Waals surface area contributed by atoms with Crippen LogP contribution >= 0.6 is 15.9 Å². The van der Waals surface area contributed by atoms with Gasteiger partial charge in [0.25, 0.3) is 5.91 Å². The first-order chi connectivity index (χ1) is 17.2. The average Bonchev–Trinajstić information content (AvgIpc) is 3.14. The number of nitrogens with zero attached hydrogens (tertiary/aromatic N) is 2. The van der Waals surface area contributed by atoms with E-state index >= 15 is 0 Å². The maximum absolute atomic E-state index is 13.8. The summed E-state index contributed by atoms with van der Waals surface area (Å²) in [7, 11) is -4.11. The van der Waals surface area contributed by atoms with Gasteiger partial charge in [-0.05, 0) is 80.6 Å². The first kappa shape index (κ1) is 26.2. The van der Waals surface area contributed by atoms with Crippen molar-refractivity contribution in [1.82, 2.24) is 4.31 Å². The number of nitrogens with one attached hydrogen (secondary N) is 1. The van der Waals surface area contributed by atoms with Gasteiger partial charge in [0.05, 0.1) is 17.0 Å². The Bertz CT molecular complexity index is 1290. The Morgan fingerprint density at radius 1 is 1.08 bits per heavy atom. The third-order valence-corrected chi connectivity index (χ3v) is 8.83. The van der Waals surface area contributed by atoms with Crippen molar-refractivity contribution in [1.29, 1.82) is 0 Å². The maximum Gasteiger partial charge on any atom is 0.252 e. The monoisotopic (exact) mass is 573 g/mol. The van der Waals surface area contributed by atoms with Crippen LogP contribution in [0.2, 0.25) is 0 Å². The van der Waals surface area contributed by atoms with Gasteiger partial charge in [-0.25, -0.2) is 13.3 Å². The number of anilines is 2. The fourth-order valence-corrected chi connectivity index (χ4v) is 6.43. The molecule has 4 rings (SSSR count). The van der Waals surface area contributed by atoms with Crippen molar-refractivity contribution in [2.75, 3.05) is 16.8 Å². The summed E-state index contributed by atoms with van der Waals surface area (Å²) in [6, 6.07) is 11.4. The van der Waals surface area contributed by atoms with Crippen molar-refractivity contribution in [2.24, 2.45) is 0 Å². The number of benzene rings is 2. The fourth-order valence-electron chi connectivity index (χ4n) is 4.58. The van der Waals surface area contributed by atoms with Crippen molar-refractivity contribution in [3.8, 4) is 0 Å². The van der Waals surface area contributed by atoms with Crippen LogP contribution in [-0.2, 0) is 24.4 Å². The molecule has 1 aliphatic heterocycles. The van der Waals surface area contributed by atoms with Gasteiger partial charge in [-0.2, -0.15) is 4.31 Å². The van der Waals surface area contributed by atoms with Crippen molar-refractivity contribution in [2.45, 2.75) is 56.4 Å². The highest BCUT2D eigenvalue weighted by Gasteiger charge is 2.46. The average molecular weight is 574 g/mol. The van der Waals surface area contributed by atoms with Crippen LogP contribution in [-0.4, -0.2) is 43.0 Å². The highest BCUT2D eigenvalue weighted by molar-refractivity contribution is 9.10. The molecule has 0 spiro atoms. The Balaban J connectivity index is 1.65. The predicted octanol–water partition coefficient (Wildman–Crippen LogP) is 4.62. The van der Waals surface area contributed by atoms with Gasteiger partial charge in [0.15, 0.2) is 0 Å². The zero-order valence-corrected chi connectivity index (χ0v) is 22.3. The second-order valence-electron chi connectivity index (χ2n) is 8.94.